The highest BCUT2D eigenvalue weighted by Crippen LogP contribution is 2.15. The van der Waals surface area contributed by atoms with Gasteiger partial charge in [0, 0.05) is 28.8 Å². The van der Waals surface area contributed by atoms with Gasteiger partial charge in [-0.15, -0.1) is 0 Å². The van der Waals surface area contributed by atoms with Gasteiger partial charge in [0.1, 0.15) is 0 Å². The number of benzene rings is 3. The number of hydrogen-bond acceptors (Lipinski definition) is 3. The highest BCUT2D eigenvalue weighted by atomic mass is 16.6. The molecular formula is C20H14N2O3. The molecule has 1 amide bonds. The second kappa shape index (κ2) is 7.31. The molecule has 5 heteroatoms. The Balaban J connectivity index is 2.01. The molecule has 5 nitrogen and oxygen atoms in total. The number of carbonyl (C=O) groups is 1. The van der Waals surface area contributed by atoms with Crippen LogP contribution in [0.1, 0.15) is 21.5 Å². The van der Waals surface area contributed by atoms with E-state index in [9.17, 15) is 14.9 Å². The Morgan fingerprint density at radius 3 is 1.64 bits per heavy atom. The van der Waals surface area contributed by atoms with E-state index in [-0.39, 0.29) is 5.69 Å². The Morgan fingerprint density at radius 2 is 1.20 bits per heavy atom. The van der Waals surface area contributed by atoms with Gasteiger partial charge in [-0.25, -0.2) is 4.99 Å². The molecule has 0 aromatic heterocycles. The van der Waals surface area contributed by atoms with Gasteiger partial charge < -0.3 is 0 Å². The molecule has 0 atom stereocenters. The molecule has 3 rings (SSSR count). The molecule has 3 aromatic carbocycles. The SMILES string of the molecule is O=C(N=C(c1ccccc1)c1ccccc1)c1ccc([N+](=O)[O-])cc1. The third-order valence-electron chi connectivity index (χ3n) is 3.63. The molecule has 0 aliphatic rings. The molecular weight excluding hydrogens is 316 g/mol. The van der Waals surface area contributed by atoms with Crippen LogP contribution < -0.4 is 0 Å². The molecule has 0 aliphatic carbocycles. The van der Waals surface area contributed by atoms with Gasteiger partial charge in [-0.3, -0.25) is 14.9 Å². The standard InChI is InChI=1S/C20H14N2O3/c23-20(17-11-13-18(14-12-17)22(24)25)21-19(15-7-3-1-4-8-15)16-9-5-2-6-10-16/h1-14H. The number of hydrogen-bond donors (Lipinski definition) is 0. The van der Waals surface area contributed by atoms with Gasteiger partial charge in [0.2, 0.25) is 0 Å². The van der Waals surface area contributed by atoms with Crippen LogP contribution in [0.25, 0.3) is 0 Å². The molecule has 122 valence electrons. The fourth-order valence-corrected chi connectivity index (χ4v) is 2.38. The van der Waals surface area contributed by atoms with Crippen LogP contribution in [0.2, 0.25) is 0 Å². The van der Waals surface area contributed by atoms with Crippen molar-refractivity contribution in [3.8, 4) is 0 Å². The smallest absolute Gasteiger partial charge is 0.267 e. The van der Waals surface area contributed by atoms with E-state index in [1.165, 1.54) is 24.3 Å². The zero-order chi connectivity index (χ0) is 17.6. The first kappa shape index (κ1) is 16.3. The zero-order valence-electron chi connectivity index (χ0n) is 13.2. The predicted molar refractivity (Wildman–Crippen MR) is 95.9 cm³/mol. The molecule has 3 aromatic rings. The number of nitro groups is 1. The normalized spacial score (nSPS) is 10.1. The minimum absolute atomic E-state index is 0.0631. The van der Waals surface area contributed by atoms with Gasteiger partial charge >= 0.3 is 0 Å². The van der Waals surface area contributed by atoms with Crippen LogP contribution in [0.4, 0.5) is 5.69 Å². The first-order valence-corrected chi connectivity index (χ1v) is 7.63. The maximum absolute atomic E-state index is 12.5. The van der Waals surface area contributed by atoms with Crippen molar-refractivity contribution < 1.29 is 9.72 Å². The van der Waals surface area contributed by atoms with E-state index in [4.69, 9.17) is 0 Å². The maximum atomic E-state index is 12.5. The number of amides is 1. The molecule has 0 unspecified atom stereocenters. The van der Waals surface area contributed by atoms with E-state index in [0.717, 1.165) is 11.1 Å². The van der Waals surface area contributed by atoms with Gasteiger partial charge in [0.25, 0.3) is 11.6 Å². The van der Waals surface area contributed by atoms with Crippen LogP contribution in [0.15, 0.2) is 89.9 Å². The topological polar surface area (TPSA) is 72.6 Å². The van der Waals surface area contributed by atoms with Crippen LogP contribution in [0.5, 0.6) is 0 Å². The van der Waals surface area contributed by atoms with Crippen LogP contribution >= 0.6 is 0 Å². The van der Waals surface area contributed by atoms with E-state index < -0.39 is 10.8 Å². The third-order valence-corrected chi connectivity index (χ3v) is 3.63. The average molecular weight is 330 g/mol. The largest absolute Gasteiger partial charge is 0.277 e. The summed E-state index contributed by atoms with van der Waals surface area (Å²) >= 11 is 0. The van der Waals surface area contributed by atoms with Crippen molar-refractivity contribution in [2.24, 2.45) is 4.99 Å². The second-order valence-corrected chi connectivity index (χ2v) is 5.30. The summed E-state index contributed by atoms with van der Waals surface area (Å²) in [4.78, 5) is 27.0. The Kier molecular flexibility index (Phi) is 4.76. The summed E-state index contributed by atoms with van der Waals surface area (Å²) < 4.78 is 0. The molecule has 0 bridgehead atoms. The van der Waals surface area contributed by atoms with Crippen molar-refractivity contribution in [2.45, 2.75) is 0 Å². The van der Waals surface area contributed by atoms with Crippen molar-refractivity contribution in [1.29, 1.82) is 0 Å². The molecule has 0 radical (unpaired) electrons. The Bertz CT molecular complexity index is 877. The number of aliphatic imine (C=N–C) groups is 1. The molecule has 0 saturated heterocycles. The van der Waals surface area contributed by atoms with Crippen molar-refractivity contribution in [2.75, 3.05) is 0 Å². The highest BCUT2D eigenvalue weighted by molar-refractivity contribution is 6.18. The Morgan fingerprint density at radius 1 is 0.720 bits per heavy atom. The Hall–Kier alpha value is -3.60. The monoisotopic (exact) mass is 330 g/mol. The second-order valence-electron chi connectivity index (χ2n) is 5.30. The van der Waals surface area contributed by atoms with E-state index in [2.05, 4.69) is 4.99 Å². The maximum Gasteiger partial charge on any atom is 0.277 e. The summed E-state index contributed by atoms with van der Waals surface area (Å²) in [6.07, 6.45) is 0. The molecule has 0 aliphatic heterocycles. The molecule has 0 N–H and O–H groups in total. The number of non-ortho nitro benzene ring substituents is 1. The van der Waals surface area contributed by atoms with Gasteiger partial charge in [-0.2, -0.15) is 0 Å². The average Bonchev–Trinajstić information content (AvgIpc) is 2.67. The number of rotatable bonds is 4. The molecule has 0 fully saturated rings. The fourth-order valence-electron chi connectivity index (χ4n) is 2.38. The van der Waals surface area contributed by atoms with Crippen molar-refractivity contribution in [3.63, 3.8) is 0 Å². The van der Waals surface area contributed by atoms with Crippen molar-refractivity contribution >= 4 is 17.3 Å². The van der Waals surface area contributed by atoms with Gasteiger partial charge in [-0.1, -0.05) is 60.7 Å². The summed E-state index contributed by atoms with van der Waals surface area (Å²) in [6, 6.07) is 24.3. The molecule has 0 saturated carbocycles. The minimum atomic E-state index is -0.503. The molecule has 25 heavy (non-hydrogen) atoms. The summed E-state index contributed by atoms with van der Waals surface area (Å²) in [5.41, 5.74) is 2.44. The van der Waals surface area contributed by atoms with Crippen LogP contribution in [-0.2, 0) is 0 Å². The quantitative estimate of drug-likeness (QED) is 0.407. The molecule has 0 spiro atoms. The van der Waals surface area contributed by atoms with Gasteiger partial charge in [0.05, 0.1) is 10.6 Å². The van der Waals surface area contributed by atoms with E-state index in [0.29, 0.717) is 11.3 Å². The minimum Gasteiger partial charge on any atom is -0.267 e. The summed E-state index contributed by atoms with van der Waals surface area (Å²) in [7, 11) is 0. The molecule has 0 heterocycles. The van der Waals surface area contributed by atoms with Crippen LogP contribution in [0.3, 0.4) is 0 Å². The van der Waals surface area contributed by atoms with Gasteiger partial charge in [0.15, 0.2) is 0 Å². The third kappa shape index (κ3) is 3.84. The van der Waals surface area contributed by atoms with Crippen LogP contribution in [-0.4, -0.2) is 16.5 Å². The lowest BCUT2D eigenvalue weighted by atomic mass is 10.0. The highest BCUT2D eigenvalue weighted by Gasteiger charge is 2.12. The van der Waals surface area contributed by atoms with Crippen molar-refractivity contribution in [3.05, 3.63) is 112 Å². The lowest BCUT2D eigenvalue weighted by Crippen LogP contribution is -2.07. The number of nitro benzene ring substituents is 1. The lowest BCUT2D eigenvalue weighted by Gasteiger charge is -2.07. The lowest BCUT2D eigenvalue weighted by molar-refractivity contribution is -0.384. The number of nitrogens with zero attached hydrogens (tertiary/aromatic N) is 2. The van der Waals surface area contributed by atoms with E-state index >= 15 is 0 Å². The zero-order valence-corrected chi connectivity index (χ0v) is 13.2. The Labute approximate surface area is 144 Å². The van der Waals surface area contributed by atoms with E-state index in [1.54, 1.807) is 0 Å². The first-order chi connectivity index (χ1) is 12.1. The van der Waals surface area contributed by atoms with Gasteiger partial charge in [-0.05, 0) is 12.1 Å². The summed E-state index contributed by atoms with van der Waals surface area (Å²) in [5, 5.41) is 10.7. The predicted octanol–water partition coefficient (Wildman–Crippen LogP) is 4.27. The summed E-state index contributed by atoms with van der Waals surface area (Å²) in [5.74, 6) is -0.447. The summed E-state index contributed by atoms with van der Waals surface area (Å²) in [6.45, 7) is 0. The van der Waals surface area contributed by atoms with Crippen LogP contribution in [0, 0.1) is 10.1 Å². The van der Waals surface area contributed by atoms with Crippen molar-refractivity contribution in [1.82, 2.24) is 0 Å². The van der Waals surface area contributed by atoms with E-state index in [1.807, 2.05) is 60.7 Å². The first-order valence-electron chi connectivity index (χ1n) is 7.63. The number of carbonyl (C=O) groups excluding carboxylic acids is 1. The fraction of sp³-hybridized carbons (Fsp3) is 0.